The first-order valence-electron chi connectivity index (χ1n) is 5.62. The number of aromatic nitrogens is 3. The molecule has 0 bridgehead atoms. The van der Waals surface area contributed by atoms with Crippen molar-refractivity contribution in [1.82, 2.24) is 15.0 Å². The molecule has 0 radical (unpaired) electrons. The van der Waals surface area contributed by atoms with Gasteiger partial charge in [-0.1, -0.05) is 11.8 Å². The van der Waals surface area contributed by atoms with Crippen molar-refractivity contribution in [2.24, 2.45) is 0 Å². The molecule has 0 atom stereocenters. The predicted molar refractivity (Wildman–Crippen MR) is 68.2 cm³/mol. The predicted octanol–water partition coefficient (Wildman–Crippen LogP) is 1.88. The standard InChI is InChI=1S/C13H9F3N4O/c1-21-10-5-3-8(6-18-10)2-4-9-7-19-12(17)20-11(9)13(14,15)16/h3,5-7H,1H3,(H2,17,19,20). The SMILES string of the molecule is COc1ccc(C#Cc2cnc(N)nc2C(F)(F)F)cn1. The summed E-state index contributed by atoms with van der Waals surface area (Å²) in [6.07, 6.45) is -2.33. The molecule has 0 fully saturated rings. The van der Waals surface area contributed by atoms with Crippen LogP contribution in [0.25, 0.3) is 0 Å². The van der Waals surface area contributed by atoms with Crippen LogP contribution in [0.2, 0.25) is 0 Å². The van der Waals surface area contributed by atoms with Gasteiger partial charge in [0.1, 0.15) is 0 Å². The molecule has 2 heterocycles. The van der Waals surface area contributed by atoms with Crippen LogP contribution in [0, 0.1) is 11.8 Å². The third kappa shape index (κ3) is 3.60. The van der Waals surface area contributed by atoms with E-state index in [1.54, 1.807) is 12.1 Å². The van der Waals surface area contributed by atoms with Gasteiger partial charge in [-0.2, -0.15) is 13.2 Å². The van der Waals surface area contributed by atoms with E-state index in [1.165, 1.54) is 13.3 Å². The van der Waals surface area contributed by atoms with Gasteiger partial charge >= 0.3 is 6.18 Å². The Morgan fingerprint density at radius 1 is 1.14 bits per heavy atom. The smallest absolute Gasteiger partial charge is 0.434 e. The van der Waals surface area contributed by atoms with Crippen LogP contribution in [0.4, 0.5) is 19.1 Å². The highest BCUT2D eigenvalue weighted by molar-refractivity contribution is 5.45. The molecule has 0 amide bonds. The van der Waals surface area contributed by atoms with Crippen LogP contribution in [0.15, 0.2) is 24.5 Å². The van der Waals surface area contributed by atoms with Crippen LogP contribution in [-0.2, 0) is 6.18 Å². The van der Waals surface area contributed by atoms with Crippen molar-refractivity contribution in [1.29, 1.82) is 0 Å². The van der Waals surface area contributed by atoms with E-state index in [-0.39, 0.29) is 5.56 Å². The first-order valence-corrected chi connectivity index (χ1v) is 5.62. The van der Waals surface area contributed by atoms with E-state index in [2.05, 4.69) is 26.8 Å². The fourth-order valence-corrected chi connectivity index (χ4v) is 1.42. The fourth-order valence-electron chi connectivity index (χ4n) is 1.42. The lowest BCUT2D eigenvalue weighted by atomic mass is 10.2. The van der Waals surface area contributed by atoms with E-state index < -0.39 is 17.8 Å². The number of nitrogen functional groups attached to an aromatic ring is 1. The molecule has 0 aliphatic heterocycles. The molecule has 5 nitrogen and oxygen atoms in total. The van der Waals surface area contributed by atoms with E-state index in [0.29, 0.717) is 11.4 Å². The first-order chi connectivity index (χ1) is 9.90. The van der Waals surface area contributed by atoms with Crippen molar-refractivity contribution in [3.8, 4) is 17.7 Å². The second-order valence-electron chi connectivity index (χ2n) is 3.83. The first kappa shape index (κ1) is 14.6. The van der Waals surface area contributed by atoms with E-state index in [9.17, 15) is 13.2 Å². The summed E-state index contributed by atoms with van der Waals surface area (Å²) >= 11 is 0. The lowest BCUT2D eigenvalue weighted by Crippen LogP contribution is -2.13. The number of halogens is 3. The molecular formula is C13H9F3N4O. The lowest BCUT2D eigenvalue weighted by molar-refractivity contribution is -0.141. The summed E-state index contributed by atoms with van der Waals surface area (Å²) in [5, 5.41) is 0. The molecule has 0 unspecified atom stereocenters. The van der Waals surface area contributed by atoms with Crippen molar-refractivity contribution < 1.29 is 17.9 Å². The van der Waals surface area contributed by atoms with Gasteiger partial charge in [0, 0.05) is 24.0 Å². The number of hydrogen-bond donors (Lipinski definition) is 1. The Labute approximate surface area is 118 Å². The molecule has 2 aromatic heterocycles. The zero-order valence-corrected chi connectivity index (χ0v) is 10.8. The van der Waals surface area contributed by atoms with Crippen molar-refractivity contribution in [3.05, 3.63) is 41.3 Å². The molecule has 0 aliphatic carbocycles. The normalized spacial score (nSPS) is 10.7. The van der Waals surface area contributed by atoms with Gasteiger partial charge in [0.25, 0.3) is 0 Å². The largest absolute Gasteiger partial charge is 0.481 e. The van der Waals surface area contributed by atoms with Gasteiger partial charge in [-0.3, -0.25) is 0 Å². The molecule has 0 saturated heterocycles. The quantitative estimate of drug-likeness (QED) is 0.813. The fraction of sp³-hybridized carbons (Fsp3) is 0.154. The minimum Gasteiger partial charge on any atom is -0.481 e. The summed E-state index contributed by atoms with van der Waals surface area (Å²) in [5.41, 5.74) is 4.08. The van der Waals surface area contributed by atoms with Gasteiger partial charge in [-0.15, -0.1) is 0 Å². The maximum atomic E-state index is 12.8. The van der Waals surface area contributed by atoms with Crippen molar-refractivity contribution >= 4 is 5.95 Å². The van der Waals surface area contributed by atoms with Crippen LogP contribution in [-0.4, -0.2) is 22.1 Å². The number of rotatable bonds is 1. The van der Waals surface area contributed by atoms with Crippen molar-refractivity contribution in [3.63, 3.8) is 0 Å². The lowest BCUT2D eigenvalue weighted by Gasteiger charge is -2.07. The Morgan fingerprint density at radius 2 is 1.90 bits per heavy atom. The number of methoxy groups -OCH3 is 1. The monoisotopic (exact) mass is 294 g/mol. The van der Waals surface area contributed by atoms with E-state index in [4.69, 9.17) is 10.5 Å². The highest BCUT2D eigenvalue weighted by Crippen LogP contribution is 2.30. The number of hydrogen-bond acceptors (Lipinski definition) is 5. The molecular weight excluding hydrogens is 285 g/mol. The molecule has 0 spiro atoms. The molecule has 0 saturated carbocycles. The number of nitrogens with zero attached hydrogens (tertiary/aromatic N) is 3. The Kier molecular flexibility index (Phi) is 3.93. The summed E-state index contributed by atoms with van der Waals surface area (Å²) < 4.78 is 43.3. The van der Waals surface area contributed by atoms with Gasteiger partial charge in [0.05, 0.1) is 12.7 Å². The number of nitrogens with two attached hydrogens (primary N) is 1. The average Bonchev–Trinajstić information content (AvgIpc) is 2.45. The van der Waals surface area contributed by atoms with Crippen molar-refractivity contribution in [2.75, 3.05) is 12.8 Å². The van der Waals surface area contributed by atoms with E-state index in [1.807, 2.05) is 0 Å². The molecule has 108 valence electrons. The molecule has 2 rings (SSSR count). The summed E-state index contributed by atoms with van der Waals surface area (Å²) in [4.78, 5) is 10.6. The Bertz CT molecular complexity index is 702. The second kappa shape index (κ2) is 5.66. The van der Waals surface area contributed by atoms with E-state index in [0.717, 1.165) is 6.20 Å². The average molecular weight is 294 g/mol. The maximum Gasteiger partial charge on any atom is 0.434 e. The van der Waals surface area contributed by atoms with Crippen LogP contribution >= 0.6 is 0 Å². The van der Waals surface area contributed by atoms with Gasteiger partial charge in [0.2, 0.25) is 11.8 Å². The summed E-state index contributed by atoms with van der Waals surface area (Å²) in [6.45, 7) is 0. The number of alkyl halides is 3. The third-order valence-electron chi connectivity index (χ3n) is 2.36. The number of ether oxygens (including phenoxy) is 1. The zero-order valence-electron chi connectivity index (χ0n) is 10.8. The van der Waals surface area contributed by atoms with Gasteiger partial charge in [-0.05, 0) is 6.07 Å². The Hall–Kier alpha value is -2.82. The van der Waals surface area contributed by atoms with E-state index >= 15 is 0 Å². The molecule has 21 heavy (non-hydrogen) atoms. The number of pyridine rings is 1. The summed E-state index contributed by atoms with van der Waals surface area (Å²) in [6, 6.07) is 3.12. The number of anilines is 1. The van der Waals surface area contributed by atoms with Crippen LogP contribution in [0.3, 0.4) is 0 Å². The third-order valence-corrected chi connectivity index (χ3v) is 2.36. The zero-order chi connectivity index (χ0) is 15.5. The minimum absolute atomic E-state index is 0.354. The molecule has 2 N–H and O–H groups in total. The maximum absolute atomic E-state index is 12.8. The highest BCUT2D eigenvalue weighted by atomic mass is 19.4. The molecule has 0 aliphatic rings. The van der Waals surface area contributed by atoms with Gasteiger partial charge in [0.15, 0.2) is 5.69 Å². The Balaban J connectivity index is 2.38. The molecule has 2 aromatic rings. The van der Waals surface area contributed by atoms with Gasteiger partial charge < -0.3 is 10.5 Å². The van der Waals surface area contributed by atoms with Crippen molar-refractivity contribution in [2.45, 2.75) is 6.18 Å². The van der Waals surface area contributed by atoms with Gasteiger partial charge in [-0.25, -0.2) is 15.0 Å². The highest BCUT2D eigenvalue weighted by Gasteiger charge is 2.35. The second-order valence-corrected chi connectivity index (χ2v) is 3.83. The summed E-state index contributed by atoms with van der Waals surface area (Å²) in [5.74, 6) is 4.85. The molecule has 8 heteroatoms. The van der Waals surface area contributed by atoms with Crippen LogP contribution < -0.4 is 10.5 Å². The molecule has 0 aromatic carbocycles. The topological polar surface area (TPSA) is 73.9 Å². The summed E-state index contributed by atoms with van der Waals surface area (Å²) in [7, 11) is 1.45. The minimum atomic E-state index is -4.65. The van der Waals surface area contributed by atoms with Crippen LogP contribution in [0.1, 0.15) is 16.8 Å². The van der Waals surface area contributed by atoms with Crippen LogP contribution in [0.5, 0.6) is 5.88 Å². The Morgan fingerprint density at radius 3 is 2.48 bits per heavy atom.